The van der Waals surface area contributed by atoms with Gasteiger partial charge in [0.25, 0.3) is 0 Å². The average Bonchev–Trinajstić information content (AvgIpc) is 3.59. The van der Waals surface area contributed by atoms with Crippen LogP contribution < -0.4 is 0 Å². The van der Waals surface area contributed by atoms with E-state index in [9.17, 15) is 4.79 Å². The number of carbonyl (C=O) groups excluding carboxylic acids is 1. The predicted octanol–water partition coefficient (Wildman–Crippen LogP) is 4.16. The summed E-state index contributed by atoms with van der Waals surface area (Å²) in [6, 6.07) is 16.4. The van der Waals surface area contributed by atoms with Crippen molar-refractivity contribution >= 4 is 11.6 Å². The fourth-order valence-corrected chi connectivity index (χ4v) is 4.23. The SMILES string of the molecule is CCCc1cn2ncc(C(=O)OCC)c2n1Cc1ccc(-c2ccccc2-c2nn[nH]n2)cc1. The van der Waals surface area contributed by atoms with Crippen LogP contribution >= 0.6 is 0 Å². The zero-order valence-corrected chi connectivity index (χ0v) is 19.1. The third-order valence-electron chi connectivity index (χ3n) is 5.76. The number of ether oxygens (including phenoxy) is 1. The number of fused-ring (bicyclic) bond motifs is 1. The number of esters is 1. The first-order valence-corrected chi connectivity index (χ1v) is 11.3. The Labute approximate surface area is 196 Å². The molecule has 5 aromatic rings. The first-order valence-electron chi connectivity index (χ1n) is 11.3. The standard InChI is InChI=1S/C25H25N7O2/c1-3-7-19-16-32-24(22(14-26-32)25(33)34-4-2)31(19)15-17-10-12-18(13-11-17)20-8-5-6-9-21(20)23-27-29-30-28-23/h5-6,8-14,16H,3-4,7,15H2,1-2H3,(H,27,28,29,30). The van der Waals surface area contributed by atoms with Gasteiger partial charge >= 0.3 is 5.97 Å². The van der Waals surface area contributed by atoms with Gasteiger partial charge in [-0.3, -0.25) is 0 Å². The molecule has 172 valence electrons. The highest BCUT2D eigenvalue weighted by atomic mass is 16.5. The van der Waals surface area contributed by atoms with Gasteiger partial charge in [-0.15, -0.1) is 10.2 Å². The van der Waals surface area contributed by atoms with E-state index >= 15 is 0 Å². The molecule has 1 N–H and O–H groups in total. The summed E-state index contributed by atoms with van der Waals surface area (Å²) in [4.78, 5) is 12.5. The highest BCUT2D eigenvalue weighted by Gasteiger charge is 2.20. The van der Waals surface area contributed by atoms with E-state index in [0.717, 1.165) is 46.4 Å². The Bertz CT molecular complexity index is 1420. The zero-order chi connectivity index (χ0) is 23.5. The van der Waals surface area contributed by atoms with Crippen LogP contribution in [0.5, 0.6) is 0 Å². The molecule has 0 radical (unpaired) electrons. The summed E-state index contributed by atoms with van der Waals surface area (Å²) in [5, 5.41) is 18.9. The molecule has 0 aliphatic heterocycles. The lowest BCUT2D eigenvalue weighted by Crippen LogP contribution is -2.09. The molecule has 3 aromatic heterocycles. The smallest absolute Gasteiger partial charge is 0.343 e. The number of tetrazole rings is 1. The molecular formula is C25H25N7O2. The predicted molar refractivity (Wildman–Crippen MR) is 127 cm³/mol. The summed E-state index contributed by atoms with van der Waals surface area (Å²) >= 11 is 0. The second-order valence-corrected chi connectivity index (χ2v) is 7.98. The highest BCUT2D eigenvalue weighted by Crippen LogP contribution is 2.30. The van der Waals surface area contributed by atoms with Crippen LogP contribution in [0.4, 0.5) is 0 Å². The van der Waals surface area contributed by atoms with E-state index in [2.05, 4.69) is 61.5 Å². The van der Waals surface area contributed by atoms with Gasteiger partial charge in [0.1, 0.15) is 5.56 Å². The van der Waals surface area contributed by atoms with Gasteiger partial charge in [0, 0.05) is 17.8 Å². The summed E-state index contributed by atoms with van der Waals surface area (Å²) in [5.41, 5.74) is 6.50. The van der Waals surface area contributed by atoms with E-state index in [1.807, 2.05) is 30.5 Å². The molecule has 0 atom stereocenters. The quantitative estimate of drug-likeness (QED) is 0.353. The van der Waals surface area contributed by atoms with E-state index in [-0.39, 0.29) is 5.97 Å². The number of aryl methyl sites for hydroxylation is 1. The third kappa shape index (κ3) is 3.96. The summed E-state index contributed by atoms with van der Waals surface area (Å²) in [6.07, 6.45) is 5.46. The monoisotopic (exact) mass is 455 g/mol. The van der Waals surface area contributed by atoms with E-state index < -0.39 is 0 Å². The largest absolute Gasteiger partial charge is 0.462 e. The van der Waals surface area contributed by atoms with Crippen LogP contribution in [0.25, 0.3) is 28.2 Å². The first-order chi connectivity index (χ1) is 16.7. The third-order valence-corrected chi connectivity index (χ3v) is 5.76. The van der Waals surface area contributed by atoms with Crippen LogP contribution in [0.1, 0.15) is 41.9 Å². The average molecular weight is 456 g/mol. The lowest BCUT2D eigenvalue weighted by molar-refractivity contribution is 0.0528. The maximum atomic E-state index is 12.5. The second kappa shape index (κ2) is 9.30. The minimum absolute atomic E-state index is 0.325. The second-order valence-electron chi connectivity index (χ2n) is 7.98. The number of aromatic amines is 1. The number of hydrogen-bond acceptors (Lipinski definition) is 6. The molecule has 9 nitrogen and oxygen atoms in total. The number of hydrogen-bond donors (Lipinski definition) is 1. The van der Waals surface area contributed by atoms with Crippen LogP contribution in [0.3, 0.4) is 0 Å². The number of imidazole rings is 1. The van der Waals surface area contributed by atoms with Crippen molar-refractivity contribution < 1.29 is 9.53 Å². The van der Waals surface area contributed by atoms with Crippen LogP contribution in [0, 0.1) is 0 Å². The van der Waals surface area contributed by atoms with Gasteiger partial charge in [0.2, 0.25) is 5.82 Å². The summed E-state index contributed by atoms with van der Waals surface area (Å²) in [5.74, 6) is 0.208. The summed E-state index contributed by atoms with van der Waals surface area (Å²) < 4.78 is 9.18. The Hall–Kier alpha value is -4.27. The molecule has 9 heteroatoms. The van der Waals surface area contributed by atoms with E-state index in [1.54, 1.807) is 17.6 Å². The van der Waals surface area contributed by atoms with Crippen molar-refractivity contribution in [3.8, 4) is 22.5 Å². The Kier molecular flexibility index (Phi) is 5.90. The van der Waals surface area contributed by atoms with Gasteiger partial charge in [0.05, 0.1) is 19.0 Å². The van der Waals surface area contributed by atoms with Crippen molar-refractivity contribution in [2.45, 2.75) is 33.2 Å². The fraction of sp³-hybridized carbons (Fsp3) is 0.240. The van der Waals surface area contributed by atoms with Crippen LogP contribution in [0.15, 0.2) is 60.9 Å². The van der Waals surface area contributed by atoms with Crippen molar-refractivity contribution in [2.24, 2.45) is 0 Å². The molecule has 0 unspecified atom stereocenters. The highest BCUT2D eigenvalue weighted by molar-refractivity contribution is 5.96. The van der Waals surface area contributed by atoms with E-state index in [0.29, 0.717) is 24.5 Å². The number of nitrogens with one attached hydrogen (secondary N) is 1. The molecular weight excluding hydrogens is 430 g/mol. The lowest BCUT2D eigenvalue weighted by Gasteiger charge is -2.12. The van der Waals surface area contributed by atoms with Crippen molar-refractivity contribution in [3.05, 3.63) is 77.7 Å². The molecule has 0 spiro atoms. The van der Waals surface area contributed by atoms with Crippen molar-refractivity contribution in [1.82, 2.24) is 34.8 Å². The summed E-state index contributed by atoms with van der Waals surface area (Å²) in [6.45, 7) is 4.89. The first kappa shape index (κ1) is 21.6. The number of rotatable bonds is 8. The maximum Gasteiger partial charge on any atom is 0.343 e. The van der Waals surface area contributed by atoms with Gasteiger partial charge in [-0.05, 0) is 35.2 Å². The zero-order valence-electron chi connectivity index (χ0n) is 19.1. The molecule has 0 fully saturated rings. The number of H-pyrrole nitrogens is 1. The lowest BCUT2D eigenvalue weighted by atomic mass is 9.98. The van der Waals surface area contributed by atoms with Crippen LogP contribution in [0.2, 0.25) is 0 Å². The fourth-order valence-electron chi connectivity index (χ4n) is 4.23. The van der Waals surface area contributed by atoms with Gasteiger partial charge < -0.3 is 9.30 Å². The molecule has 0 saturated carbocycles. The number of aromatic nitrogens is 7. The summed E-state index contributed by atoms with van der Waals surface area (Å²) in [7, 11) is 0. The Balaban J connectivity index is 1.49. The Morgan fingerprint density at radius 2 is 1.85 bits per heavy atom. The maximum absolute atomic E-state index is 12.5. The Morgan fingerprint density at radius 3 is 2.56 bits per heavy atom. The Morgan fingerprint density at radius 1 is 1.06 bits per heavy atom. The molecule has 3 heterocycles. The van der Waals surface area contributed by atoms with Crippen molar-refractivity contribution in [1.29, 1.82) is 0 Å². The number of carbonyl (C=O) groups is 1. The van der Waals surface area contributed by atoms with Crippen LogP contribution in [-0.4, -0.2) is 47.4 Å². The molecule has 0 bridgehead atoms. The van der Waals surface area contributed by atoms with Crippen molar-refractivity contribution in [3.63, 3.8) is 0 Å². The molecule has 2 aromatic carbocycles. The van der Waals surface area contributed by atoms with Crippen LogP contribution in [-0.2, 0) is 17.7 Å². The molecule has 0 aliphatic rings. The minimum Gasteiger partial charge on any atom is -0.462 e. The van der Waals surface area contributed by atoms with E-state index in [4.69, 9.17) is 4.74 Å². The molecule has 0 aliphatic carbocycles. The molecule has 0 saturated heterocycles. The molecule has 34 heavy (non-hydrogen) atoms. The molecule has 5 rings (SSSR count). The minimum atomic E-state index is -0.353. The van der Waals surface area contributed by atoms with Gasteiger partial charge in [0.15, 0.2) is 5.65 Å². The molecule has 0 amide bonds. The van der Waals surface area contributed by atoms with E-state index in [1.165, 1.54) is 0 Å². The van der Waals surface area contributed by atoms with Gasteiger partial charge in [-0.2, -0.15) is 10.3 Å². The number of nitrogens with zero attached hydrogens (tertiary/aromatic N) is 6. The van der Waals surface area contributed by atoms with Crippen molar-refractivity contribution in [2.75, 3.05) is 6.61 Å². The van der Waals surface area contributed by atoms with Gasteiger partial charge in [-0.1, -0.05) is 61.9 Å². The normalized spacial score (nSPS) is 11.2. The van der Waals surface area contributed by atoms with Gasteiger partial charge in [-0.25, -0.2) is 9.31 Å². The number of benzene rings is 2. The topological polar surface area (TPSA) is 103 Å².